The zero-order valence-corrected chi connectivity index (χ0v) is 8.87. The van der Waals surface area contributed by atoms with E-state index >= 15 is 0 Å². The van der Waals surface area contributed by atoms with E-state index in [-0.39, 0.29) is 6.73 Å². The van der Waals surface area contributed by atoms with Crippen molar-refractivity contribution in [1.82, 2.24) is 9.80 Å². The summed E-state index contributed by atoms with van der Waals surface area (Å²) in [5.74, 6) is 0. The van der Waals surface area contributed by atoms with E-state index in [0.717, 1.165) is 32.2 Å². The molecule has 3 nitrogen and oxygen atoms in total. The molecule has 1 rings (SSSR count). The first-order chi connectivity index (χ1) is 6.31. The molecule has 0 saturated carbocycles. The van der Waals surface area contributed by atoms with Crippen molar-refractivity contribution in [3.8, 4) is 0 Å². The molecule has 0 aromatic carbocycles. The maximum atomic E-state index is 8.94. The van der Waals surface area contributed by atoms with Gasteiger partial charge in [-0.25, -0.2) is 0 Å². The summed E-state index contributed by atoms with van der Waals surface area (Å²) in [5, 5.41) is 8.94. The zero-order valence-electron chi connectivity index (χ0n) is 8.87. The highest BCUT2D eigenvalue weighted by atomic mass is 16.3. The number of hydrogen-bond acceptors (Lipinski definition) is 3. The average molecular weight is 186 g/mol. The molecule has 0 aromatic heterocycles. The van der Waals surface area contributed by atoms with Gasteiger partial charge in [-0.3, -0.25) is 4.90 Å². The molecule has 13 heavy (non-hydrogen) atoms. The van der Waals surface area contributed by atoms with Gasteiger partial charge in [0.15, 0.2) is 0 Å². The summed E-state index contributed by atoms with van der Waals surface area (Å²) in [5.41, 5.74) is 0. The Kier molecular flexibility index (Phi) is 4.70. The molecule has 0 spiro atoms. The van der Waals surface area contributed by atoms with E-state index in [0.29, 0.717) is 0 Å². The summed E-state index contributed by atoms with van der Waals surface area (Å²) in [4.78, 5) is 4.63. The van der Waals surface area contributed by atoms with E-state index in [9.17, 15) is 0 Å². The Hall–Kier alpha value is -0.120. The normalized spacial score (nSPS) is 21.2. The largest absolute Gasteiger partial charge is 0.381 e. The van der Waals surface area contributed by atoms with E-state index in [4.69, 9.17) is 5.11 Å². The van der Waals surface area contributed by atoms with Crippen LogP contribution >= 0.6 is 0 Å². The zero-order chi connectivity index (χ0) is 9.68. The van der Waals surface area contributed by atoms with Crippen LogP contribution < -0.4 is 0 Å². The molecule has 0 radical (unpaired) electrons. The van der Waals surface area contributed by atoms with Gasteiger partial charge in [0.1, 0.15) is 0 Å². The Bertz CT molecular complexity index is 129. The molecule has 1 fully saturated rings. The van der Waals surface area contributed by atoms with Crippen molar-refractivity contribution in [2.45, 2.75) is 32.7 Å². The molecule has 0 aliphatic carbocycles. The molecule has 3 heteroatoms. The standard InChI is InChI=1S/C10H22N2O/c1-3-12(4-2)10-5-7-11(9-13)8-6-10/h10,13H,3-9H2,1-2H3. The third-order valence-electron chi connectivity index (χ3n) is 3.09. The molecule has 0 bridgehead atoms. The van der Waals surface area contributed by atoms with E-state index in [1.54, 1.807) is 0 Å². The van der Waals surface area contributed by atoms with Crippen molar-refractivity contribution in [1.29, 1.82) is 0 Å². The minimum Gasteiger partial charge on any atom is -0.381 e. The van der Waals surface area contributed by atoms with Gasteiger partial charge in [0, 0.05) is 19.1 Å². The minimum absolute atomic E-state index is 0.227. The van der Waals surface area contributed by atoms with Crippen LogP contribution in [-0.4, -0.2) is 53.9 Å². The fraction of sp³-hybridized carbons (Fsp3) is 1.00. The topological polar surface area (TPSA) is 26.7 Å². The minimum atomic E-state index is 0.227. The molecule has 78 valence electrons. The number of likely N-dealkylation sites (tertiary alicyclic amines) is 1. The molecule has 1 aliphatic heterocycles. The number of piperidine rings is 1. The number of rotatable bonds is 4. The molecule has 1 aliphatic rings. The number of hydrogen-bond donors (Lipinski definition) is 1. The molecule has 1 heterocycles. The van der Waals surface area contributed by atoms with Gasteiger partial charge in [0.2, 0.25) is 0 Å². The lowest BCUT2D eigenvalue weighted by atomic mass is 10.0. The van der Waals surface area contributed by atoms with Crippen molar-refractivity contribution in [3.63, 3.8) is 0 Å². The van der Waals surface area contributed by atoms with Crippen LogP contribution in [0.25, 0.3) is 0 Å². The Labute approximate surface area is 81.3 Å². The Morgan fingerprint density at radius 2 is 1.77 bits per heavy atom. The lowest BCUT2D eigenvalue weighted by Crippen LogP contribution is -2.44. The van der Waals surface area contributed by atoms with E-state index in [1.165, 1.54) is 12.8 Å². The van der Waals surface area contributed by atoms with Crippen LogP contribution in [0.1, 0.15) is 26.7 Å². The molecule has 0 amide bonds. The number of aliphatic hydroxyl groups is 1. The predicted octanol–water partition coefficient (Wildman–Crippen LogP) is 0.742. The van der Waals surface area contributed by atoms with Gasteiger partial charge in [-0.2, -0.15) is 0 Å². The summed E-state index contributed by atoms with van der Waals surface area (Å²) in [6.07, 6.45) is 2.42. The lowest BCUT2D eigenvalue weighted by Gasteiger charge is -2.36. The van der Waals surface area contributed by atoms with Crippen LogP contribution in [0, 0.1) is 0 Å². The summed E-state index contributed by atoms with van der Waals surface area (Å²) >= 11 is 0. The molecule has 0 unspecified atom stereocenters. The lowest BCUT2D eigenvalue weighted by molar-refractivity contribution is 0.0532. The van der Waals surface area contributed by atoms with Crippen LogP contribution in [0.2, 0.25) is 0 Å². The Morgan fingerprint density at radius 1 is 1.23 bits per heavy atom. The van der Waals surface area contributed by atoms with Gasteiger partial charge in [0.25, 0.3) is 0 Å². The highest BCUT2D eigenvalue weighted by molar-refractivity contribution is 4.77. The van der Waals surface area contributed by atoms with Crippen LogP contribution in [0.15, 0.2) is 0 Å². The summed E-state index contributed by atoms with van der Waals surface area (Å²) in [6.45, 7) is 9.09. The monoisotopic (exact) mass is 186 g/mol. The van der Waals surface area contributed by atoms with Crippen molar-refractivity contribution in [3.05, 3.63) is 0 Å². The van der Waals surface area contributed by atoms with Gasteiger partial charge in [-0.1, -0.05) is 13.8 Å². The third kappa shape index (κ3) is 2.93. The summed E-state index contributed by atoms with van der Waals surface area (Å²) in [7, 11) is 0. The highest BCUT2D eigenvalue weighted by Crippen LogP contribution is 2.15. The van der Waals surface area contributed by atoms with Crippen molar-refractivity contribution >= 4 is 0 Å². The number of nitrogens with zero attached hydrogens (tertiary/aromatic N) is 2. The quantitative estimate of drug-likeness (QED) is 0.701. The Balaban J connectivity index is 2.30. The van der Waals surface area contributed by atoms with Crippen molar-refractivity contribution in [2.24, 2.45) is 0 Å². The maximum absolute atomic E-state index is 8.94. The second kappa shape index (κ2) is 5.58. The predicted molar refractivity (Wildman–Crippen MR) is 54.6 cm³/mol. The molecule has 0 atom stereocenters. The van der Waals surface area contributed by atoms with E-state index in [2.05, 4.69) is 23.6 Å². The molecule has 0 aromatic rings. The van der Waals surface area contributed by atoms with E-state index < -0.39 is 0 Å². The second-order valence-electron chi connectivity index (χ2n) is 3.71. The average Bonchev–Trinajstić information content (AvgIpc) is 2.21. The third-order valence-corrected chi connectivity index (χ3v) is 3.09. The van der Waals surface area contributed by atoms with Crippen molar-refractivity contribution < 1.29 is 5.11 Å². The van der Waals surface area contributed by atoms with Gasteiger partial charge < -0.3 is 10.0 Å². The fourth-order valence-corrected chi connectivity index (χ4v) is 2.17. The van der Waals surface area contributed by atoms with Crippen molar-refractivity contribution in [2.75, 3.05) is 32.9 Å². The SMILES string of the molecule is CCN(CC)C1CCN(CO)CC1. The maximum Gasteiger partial charge on any atom is 0.0956 e. The van der Waals surface area contributed by atoms with Gasteiger partial charge >= 0.3 is 0 Å². The first kappa shape index (κ1) is 11.0. The first-order valence-corrected chi connectivity index (χ1v) is 5.39. The van der Waals surface area contributed by atoms with Crippen LogP contribution in [0.4, 0.5) is 0 Å². The molecular weight excluding hydrogens is 164 g/mol. The van der Waals surface area contributed by atoms with Crippen LogP contribution in [-0.2, 0) is 0 Å². The number of aliphatic hydroxyl groups excluding tert-OH is 1. The smallest absolute Gasteiger partial charge is 0.0956 e. The molecule has 1 saturated heterocycles. The van der Waals surface area contributed by atoms with Gasteiger partial charge in [-0.15, -0.1) is 0 Å². The highest BCUT2D eigenvalue weighted by Gasteiger charge is 2.21. The Morgan fingerprint density at radius 3 is 2.15 bits per heavy atom. The van der Waals surface area contributed by atoms with E-state index in [1.807, 2.05) is 0 Å². The molecular formula is C10H22N2O. The summed E-state index contributed by atoms with van der Waals surface area (Å²) < 4.78 is 0. The van der Waals surface area contributed by atoms with Gasteiger partial charge in [-0.05, 0) is 25.9 Å². The second-order valence-corrected chi connectivity index (χ2v) is 3.71. The van der Waals surface area contributed by atoms with Gasteiger partial charge in [0.05, 0.1) is 6.73 Å². The molecule has 1 N–H and O–H groups in total. The van der Waals surface area contributed by atoms with Crippen LogP contribution in [0.5, 0.6) is 0 Å². The fourth-order valence-electron chi connectivity index (χ4n) is 2.17. The summed E-state index contributed by atoms with van der Waals surface area (Å²) in [6, 6.07) is 0.748. The van der Waals surface area contributed by atoms with Crippen LogP contribution in [0.3, 0.4) is 0 Å². The first-order valence-electron chi connectivity index (χ1n) is 5.39.